The lowest BCUT2D eigenvalue weighted by atomic mass is 10.1. The van der Waals surface area contributed by atoms with Gasteiger partial charge in [-0.25, -0.2) is 9.97 Å². The molecule has 0 bridgehead atoms. The Labute approximate surface area is 192 Å². The molecule has 1 N–H and O–H groups in total. The van der Waals surface area contributed by atoms with Gasteiger partial charge >= 0.3 is 0 Å². The van der Waals surface area contributed by atoms with E-state index in [2.05, 4.69) is 15.3 Å². The summed E-state index contributed by atoms with van der Waals surface area (Å²) in [7, 11) is 0. The first-order valence-electron chi connectivity index (χ1n) is 10.6. The Balaban J connectivity index is 1.38. The highest BCUT2D eigenvalue weighted by Gasteiger charge is 2.29. The van der Waals surface area contributed by atoms with Crippen LogP contribution in [0, 0.1) is 13.8 Å². The fraction of sp³-hybridized carbons (Fsp3) is 0.280. The Hall–Kier alpha value is -3.25. The molecule has 2 aromatic carbocycles. The van der Waals surface area contributed by atoms with Gasteiger partial charge in [-0.1, -0.05) is 41.4 Å². The first kappa shape index (κ1) is 22.0. The molecule has 1 aliphatic rings. The standard InChI is InChI=1S/C25H25ClN4O2/c1-16-3-5-18(6-4-16)13-23(31)30-12-11-19(15-30)24-27-14-22(17(2)28-24)25(32)29-21-9-7-20(26)8-10-21/h3-10,14,19H,11-13,15H2,1-2H3,(H,29,32)/t19-/m0/s1. The van der Waals surface area contributed by atoms with Crippen molar-refractivity contribution in [3.8, 4) is 0 Å². The molecule has 164 valence electrons. The number of aromatic nitrogens is 2. The maximum absolute atomic E-state index is 12.7. The molecule has 2 amide bonds. The molecule has 2 heterocycles. The van der Waals surface area contributed by atoms with Gasteiger partial charge in [-0.3, -0.25) is 9.59 Å². The molecule has 0 unspecified atom stereocenters. The Bertz CT molecular complexity index is 1130. The predicted octanol–water partition coefficient (Wildman–Crippen LogP) is 4.56. The van der Waals surface area contributed by atoms with Crippen LogP contribution in [0.5, 0.6) is 0 Å². The number of carbonyl (C=O) groups is 2. The Morgan fingerprint density at radius 2 is 1.81 bits per heavy atom. The quantitative estimate of drug-likeness (QED) is 0.621. The summed E-state index contributed by atoms with van der Waals surface area (Å²) < 4.78 is 0. The van der Waals surface area contributed by atoms with Crippen molar-refractivity contribution in [2.75, 3.05) is 18.4 Å². The normalized spacial score (nSPS) is 15.6. The maximum atomic E-state index is 12.7. The van der Waals surface area contributed by atoms with E-state index in [0.29, 0.717) is 47.3 Å². The smallest absolute Gasteiger partial charge is 0.259 e. The Morgan fingerprint density at radius 3 is 2.50 bits per heavy atom. The third-order valence-electron chi connectivity index (χ3n) is 5.73. The number of likely N-dealkylation sites (tertiary alicyclic amines) is 1. The minimum absolute atomic E-state index is 0.0732. The van der Waals surface area contributed by atoms with Crippen LogP contribution in [0.25, 0.3) is 0 Å². The van der Waals surface area contributed by atoms with Gasteiger partial charge in [-0.15, -0.1) is 0 Å². The lowest BCUT2D eigenvalue weighted by Gasteiger charge is -2.17. The van der Waals surface area contributed by atoms with Crippen LogP contribution in [-0.4, -0.2) is 39.8 Å². The van der Waals surface area contributed by atoms with Crippen LogP contribution in [0.15, 0.2) is 54.7 Å². The molecule has 0 spiro atoms. The van der Waals surface area contributed by atoms with Crippen molar-refractivity contribution >= 4 is 29.1 Å². The van der Waals surface area contributed by atoms with Gasteiger partial charge in [0.15, 0.2) is 0 Å². The van der Waals surface area contributed by atoms with E-state index >= 15 is 0 Å². The van der Waals surface area contributed by atoms with E-state index in [4.69, 9.17) is 11.6 Å². The van der Waals surface area contributed by atoms with Gasteiger partial charge in [0.1, 0.15) is 5.82 Å². The minimum atomic E-state index is -0.266. The summed E-state index contributed by atoms with van der Waals surface area (Å²) >= 11 is 5.89. The molecule has 1 fully saturated rings. The highest BCUT2D eigenvalue weighted by atomic mass is 35.5. The van der Waals surface area contributed by atoms with Crippen molar-refractivity contribution in [3.63, 3.8) is 0 Å². The maximum Gasteiger partial charge on any atom is 0.259 e. The third-order valence-corrected chi connectivity index (χ3v) is 5.98. The van der Waals surface area contributed by atoms with E-state index in [1.54, 1.807) is 37.4 Å². The van der Waals surface area contributed by atoms with Crippen LogP contribution in [0.3, 0.4) is 0 Å². The average Bonchev–Trinajstić information content (AvgIpc) is 3.27. The number of aryl methyl sites for hydroxylation is 2. The van der Waals surface area contributed by atoms with Crippen molar-refractivity contribution in [2.45, 2.75) is 32.6 Å². The zero-order valence-corrected chi connectivity index (χ0v) is 18.9. The fourth-order valence-electron chi connectivity index (χ4n) is 3.83. The lowest BCUT2D eigenvalue weighted by Crippen LogP contribution is -2.30. The molecule has 3 aromatic rings. The molecule has 6 nitrogen and oxygen atoms in total. The molecule has 0 radical (unpaired) electrons. The van der Waals surface area contributed by atoms with Gasteiger partial charge in [0, 0.05) is 35.9 Å². The first-order valence-corrected chi connectivity index (χ1v) is 11.0. The number of nitrogens with one attached hydrogen (secondary N) is 1. The summed E-state index contributed by atoms with van der Waals surface area (Å²) in [6, 6.07) is 15.0. The van der Waals surface area contributed by atoms with Crippen molar-refractivity contribution in [1.82, 2.24) is 14.9 Å². The summed E-state index contributed by atoms with van der Waals surface area (Å²) in [5.41, 5.74) is 3.90. The fourth-order valence-corrected chi connectivity index (χ4v) is 3.95. The number of benzene rings is 2. The summed E-state index contributed by atoms with van der Waals surface area (Å²) in [4.78, 5) is 36.2. The summed E-state index contributed by atoms with van der Waals surface area (Å²) in [5, 5.41) is 3.44. The van der Waals surface area contributed by atoms with Crippen molar-refractivity contribution < 1.29 is 9.59 Å². The second kappa shape index (κ2) is 9.49. The molecular weight excluding hydrogens is 424 g/mol. The number of rotatable bonds is 5. The molecule has 0 aliphatic carbocycles. The number of hydrogen-bond acceptors (Lipinski definition) is 4. The number of amides is 2. The summed E-state index contributed by atoms with van der Waals surface area (Å²) in [6.45, 7) is 5.12. The largest absolute Gasteiger partial charge is 0.342 e. The van der Waals surface area contributed by atoms with E-state index in [-0.39, 0.29) is 17.7 Å². The van der Waals surface area contributed by atoms with Crippen LogP contribution >= 0.6 is 11.6 Å². The minimum Gasteiger partial charge on any atom is -0.342 e. The van der Waals surface area contributed by atoms with E-state index < -0.39 is 0 Å². The first-order chi connectivity index (χ1) is 15.4. The van der Waals surface area contributed by atoms with Crippen LogP contribution in [0.4, 0.5) is 5.69 Å². The van der Waals surface area contributed by atoms with Gasteiger partial charge in [0.25, 0.3) is 5.91 Å². The van der Waals surface area contributed by atoms with Gasteiger partial charge in [0.05, 0.1) is 17.7 Å². The Morgan fingerprint density at radius 1 is 1.09 bits per heavy atom. The van der Waals surface area contributed by atoms with Gasteiger partial charge in [-0.2, -0.15) is 0 Å². The second-order valence-electron chi connectivity index (χ2n) is 8.18. The molecular formula is C25H25ClN4O2. The summed E-state index contributed by atoms with van der Waals surface area (Å²) in [5.74, 6) is 0.602. The Kier molecular flexibility index (Phi) is 6.51. The summed E-state index contributed by atoms with van der Waals surface area (Å²) in [6.07, 6.45) is 2.78. The van der Waals surface area contributed by atoms with E-state index in [9.17, 15) is 9.59 Å². The molecule has 7 heteroatoms. The molecule has 1 aromatic heterocycles. The highest BCUT2D eigenvalue weighted by Crippen LogP contribution is 2.26. The third kappa shape index (κ3) is 5.14. The van der Waals surface area contributed by atoms with Gasteiger partial charge < -0.3 is 10.2 Å². The molecule has 4 rings (SSSR count). The van der Waals surface area contributed by atoms with Gasteiger partial charge in [0.2, 0.25) is 5.91 Å². The average molecular weight is 449 g/mol. The number of anilines is 1. The van der Waals surface area contributed by atoms with Crippen molar-refractivity contribution in [2.24, 2.45) is 0 Å². The molecule has 1 saturated heterocycles. The van der Waals surface area contributed by atoms with E-state index in [1.807, 2.05) is 36.1 Å². The predicted molar refractivity (Wildman–Crippen MR) is 125 cm³/mol. The van der Waals surface area contributed by atoms with Gasteiger partial charge in [-0.05, 0) is 50.1 Å². The highest BCUT2D eigenvalue weighted by molar-refractivity contribution is 6.30. The zero-order chi connectivity index (χ0) is 22.7. The lowest BCUT2D eigenvalue weighted by molar-refractivity contribution is -0.129. The van der Waals surface area contributed by atoms with Crippen molar-refractivity contribution in [1.29, 1.82) is 0 Å². The van der Waals surface area contributed by atoms with Crippen LogP contribution in [0.1, 0.15) is 45.3 Å². The number of nitrogens with zero attached hydrogens (tertiary/aromatic N) is 3. The molecule has 1 atom stereocenters. The monoisotopic (exact) mass is 448 g/mol. The molecule has 0 saturated carbocycles. The SMILES string of the molecule is Cc1ccc(CC(=O)N2CC[C@H](c3ncc(C(=O)Nc4ccc(Cl)cc4)c(C)n3)C2)cc1. The van der Waals surface area contributed by atoms with Crippen molar-refractivity contribution in [3.05, 3.63) is 88.0 Å². The number of halogens is 1. The van der Waals surface area contributed by atoms with E-state index in [1.165, 1.54) is 5.56 Å². The number of carbonyl (C=O) groups excluding carboxylic acids is 2. The van der Waals surface area contributed by atoms with Crippen LogP contribution in [-0.2, 0) is 11.2 Å². The van der Waals surface area contributed by atoms with E-state index in [0.717, 1.165) is 12.0 Å². The molecule has 32 heavy (non-hydrogen) atoms. The zero-order valence-electron chi connectivity index (χ0n) is 18.1. The topological polar surface area (TPSA) is 75.2 Å². The molecule has 1 aliphatic heterocycles. The second-order valence-corrected chi connectivity index (χ2v) is 8.61. The van der Waals surface area contributed by atoms with Crippen LogP contribution in [0.2, 0.25) is 5.02 Å². The number of hydrogen-bond donors (Lipinski definition) is 1. The van der Waals surface area contributed by atoms with Crippen LogP contribution < -0.4 is 5.32 Å².